The Morgan fingerprint density at radius 1 is 1.02 bits per heavy atom. The maximum atomic E-state index is 14.4. The molecule has 3 unspecified atom stereocenters. The van der Waals surface area contributed by atoms with Gasteiger partial charge in [-0.2, -0.15) is 0 Å². The van der Waals surface area contributed by atoms with Gasteiger partial charge in [0.2, 0.25) is 5.91 Å². The lowest BCUT2D eigenvalue weighted by Crippen LogP contribution is -2.58. The summed E-state index contributed by atoms with van der Waals surface area (Å²) >= 11 is 0. The number of benzene rings is 1. The fourth-order valence-electron chi connectivity index (χ4n) is 6.86. The van der Waals surface area contributed by atoms with Crippen LogP contribution in [0.2, 0.25) is 0 Å². The van der Waals surface area contributed by atoms with Gasteiger partial charge < -0.3 is 19.9 Å². The number of carbonyl (C=O) groups is 4. The van der Waals surface area contributed by atoms with Crippen LogP contribution in [0.1, 0.15) is 53.5 Å². The second-order valence-electron chi connectivity index (χ2n) is 11.6. The first-order valence-electron chi connectivity index (χ1n) is 13.8. The van der Waals surface area contributed by atoms with Gasteiger partial charge in [0.25, 0.3) is 0 Å². The average Bonchev–Trinajstić information content (AvgIpc) is 3.17. The lowest BCUT2D eigenvalue weighted by molar-refractivity contribution is -0.167. The Bertz CT molecular complexity index is 1280. The van der Waals surface area contributed by atoms with Crippen molar-refractivity contribution >= 4 is 23.6 Å². The number of nitrogens with one attached hydrogen (secondary N) is 1. The number of aliphatic hydroxyl groups is 1. The van der Waals surface area contributed by atoms with E-state index >= 15 is 0 Å². The third-order valence-electron chi connectivity index (χ3n) is 8.75. The van der Waals surface area contributed by atoms with Crippen molar-refractivity contribution in [1.29, 1.82) is 0 Å². The molecule has 3 aliphatic rings. The number of carbonyl (C=O) groups excluding carboxylic acids is 4. The highest BCUT2D eigenvalue weighted by molar-refractivity contribution is 5.92. The number of esters is 2. The molecule has 0 radical (unpaired) electrons. The van der Waals surface area contributed by atoms with Crippen LogP contribution in [-0.2, 0) is 35.1 Å². The summed E-state index contributed by atoms with van der Waals surface area (Å²) in [5.41, 5.74) is -0.540. The molecule has 1 spiro atoms. The lowest BCUT2D eigenvalue weighted by atomic mass is 9.54. The third kappa shape index (κ3) is 5.17. The minimum absolute atomic E-state index is 0.307. The Morgan fingerprint density at radius 3 is 2.30 bits per heavy atom. The second kappa shape index (κ2) is 11.2. The molecule has 8 heteroatoms. The van der Waals surface area contributed by atoms with Gasteiger partial charge in [-0.1, -0.05) is 55.0 Å². The minimum atomic E-state index is -1.85. The molecule has 8 atom stereocenters. The number of rotatable bonds is 4. The highest BCUT2D eigenvalue weighted by atomic mass is 16.6. The van der Waals surface area contributed by atoms with Gasteiger partial charge in [-0.3, -0.25) is 19.2 Å². The fourth-order valence-corrected chi connectivity index (χ4v) is 6.86. The predicted octanol–water partition coefficient (Wildman–Crippen LogP) is 3.63. The molecule has 2 aliphatic carbocycles. The van der Waals surface area contributed by atoms with Crippen LogP contribution in [0.4, 0.5) is 0 Å². The molecule has 2 N–H and O–H groups in total. The molecule has 214 valence electrons. The van der Waals surface area contributed by atoms with Gasteiger partial charge >= 0.3 is 11.9 Å². The zero-order chi connectivity index (χ0) is 29.4. The van der Waals surface area contributed by atoms with Gasteiger partial charge in [0, 0.05) is 37.6 Å². The van der Waals surface area contributed by atoms with Crippen molar-refractivity contribution in [1.82, 2.24) is 5.32 Å². The number of hydrogen-bond donors (Lipinski definition) is 2. The van der Waals surface area contributed by atoms with Gasteiger partial charge in [0.15, 0.2) is 5.78 Å². The lowest BCUT2D eigenvalue weighted by Gasteiger charge is -2.50. The average molecular weight is 550 g/mol. The molecule has 8 nitrogen and oxygen atoms in total. The Morgan fingerprint density at radius 2 is 1.68 bits per heavy atom. The predicted molar refractivity (Wildman–Crippen MR) is 149 cm³/mol. The van der Waals surface area contributed by atoms with Crippen molar-refractivity contribution in [2.45, 2.75) is 78.2 Å². The zero-order valence-electron chi connectivity index (χ0n) is 24.0. The largest absolute Gasteiger partial charge is 0.457 e. The highest BCUT2D eigenvalue weighted by Crippen LogP contribution is 2.57. The minimum Gasteiger partial charge on any atom is -0.457 e. The third-order valence-corrected chi connectivity index (χ3v) is 8.75. The van der Waals surface area contributed by atoms with E-state index in [1.54, 1.807) is 13.0 Å². The standard InChI is InChI=1S/C32H39NO7/c1-18-11-10-14-24-28(40-22(5)35)20(3)19(2)27-25(17-23-12-8-7-9-13-23)33-30(37)32(24,27)26(39-21(4)34)15-16-31(6,38)29(18)36/h7-10,12-16,18,24-28,38H,11,17H2,1-6H3,(H,33,37)/b14-10+,16-15+/t18?,24-,25-,26?,27?,28+,31+,32+/m0/s1. The maximum Gasteiger partial charge on any atom is 0.303 e. The number of ether oxygens (including phenoxy) is 2. The van der Waals surface area contributed by atoms with Crippen molar-refractivity contribution < 1.29 is 33.8 Å². The first kappa shape index (κ1) is 29.5. The molecule has 4 rings (SSSR count). The molecule has 1 amide bonds. The molecule has 1 aromatic carbocycles. The molecule has 1 aliphatic heterocycles. The molecule has 1 heterocycles. The van der Waals surface area contributed by atoms with E-state index in [0.29, 0.717) is 12.8 Å². The summed E-state index contributed by atoms with van der Waals surface area (Å²) < 4.78 is 11.8. The molecular weight excluding hydrogens is 510 g/mol. The first-order chi connectivity index (χ1) is 18.8. The fraction of sp³-hybridized carbons (Fsp3) is 0.500. The molecule has 0 aromatic heterocycles. The van der Waals surface area contributed by atoms with Crippen LogP contribution in [0.3, 0.4) is 0 Å². The van der Waals surface area contributed by atoms with E-state index in [9.17, 15) is 24.3 Å². The Labute approximate surface area is 235 Å². The number of amides is 1. The van der Waals surface area contributed by atoms with Crippen molar-refractivity contribution in [3.05, 3.63) is 71.3 Å². The van der Waals surface area contributed by atoms with Crippen molar-refractivity contribution in [2.24, 2.45) is 23.2 Å². The van der Waals surface area contributed by atoms with Crippen LogP contribution in [0.15, 0.2) is 65.8 Å². The van der Waals surface area contributed by atoms with Gasteiger partial charge in [-0.05, 0) is 56.9 Å². The van der Waals surface area contributed by atoms with Gasteiger partial charge in [-0.15, -0.1) is 0 Å². The Balaban J connectivity index is 2.01. The molecule has 1 aromatic rings. The first-order valence-corrected chi connectivity index (χ1v) is 13.8. The number of allylic oxidation sites excluding steroid dienone is 1. The Hall–Kier alpha value is -3.52. The molecule has 1 fully saturated rings. The molecule has 1 saturated heterocycles. The van der Waals surface area contributed by atoms with Crippen LogP contribution in [0, 0.1) is 23.2 Å². The monoisotopic (exact) mass is 549 g/mol. The number of Topliss-reactive ketones (excluding diaryl/α,β-unsaturated/α-hetero) is 1. The van der Waals surface area contributed by atoms with E-state index in [1.165, 1.54) is 32.9 Å². The topological polar surface area (TPSA) is 119 Å². The van der Waals surface area contributed by atoms with E-state index < -0.39 is 58.7 Å². The SMILES string of the molecule is CC(=O)OC1/C=C/[C@@](C)(O)C(=O)C(C)C/C=C/[C@H]2[C@H](OC(C)=O)C(C)=C(C)C3[C@H](Cc4ccccc4)NC(=O)[C@]132. The van der Waals surface area contributed by atoms with E-state index in [2.05, 4.69) is 5.32 Å². The van der Waals surface area contributed by atoms with E-state index in [0.717, 1.165) is 16.7 Å². The molecule has 0 bridgehead atoms. The number of ketones is 1. The zero-order valence-corrected chi connectivity index (χ0v) is 24.0. The summed E-state index contributed by atoms with van der Waals surface area (Å²) in [6.45, 7) is 9.54. The summed E-state index contributed by atoms with van der Waals surface area (Å²) in [6.07, 6.45) is 5.30. The summed E-state index contributed by atoms with van der Waals surface area (Å²) in [5.74, 6) is -3.55. The normalized spacial score (nSPS) is 37.4. The summed E-state index contributed by atoms with van der Waals surface area (Å²) in [4.78, 5) is 52.4. The van der Waals surface area contributed by atoms with Crippen LogP contribution in [0.25, 0.3) is 0 Å². The van der Waals surface area contributed by atoms with Crippen molar-refractivity contribution in [2.75, 3.05) is 0 Å². The van der Waals surface area contributed by atoms with Gasteiger partial charge in [-0.25, -0.2) is 0 Å². The Kier molecular flexibility index (Phi) is 8.22. The highest BCUT2D eigenvalue weighted by Gasteiger charge is 2.68. The van der Waals surface area contributed by atoms with E-state index in [1.807, 2.05) is 50.3 Å². The number of hydrogen-bond acceptors (Lipinski definition) is 7. The summed E-state index contributed by atoms with van der Waals surface area (Å²) in [6, 6.07) is 9.45. The molecular formula is C32H39NO7. The van der Waals surface area contributed by atoms with Crippen LogP contribution >= 0.6 is 0 Å². The molecule has 40 heavy (non-hydrogen) atoms. The van der Waals surface area contributed by atoms with Gasteiger partial charge in [0.05, 0.1) is 0 Å². The van der Waals surface area contributed by atoms with Crippen molar-refractivity contribution in [3.63, 3.8) is 0 Å². The summed E-state index contributed by atoms with van der Waals surface area (Å²) in [5, 5.41) is 14.3. The van der Waals surface area contributed by atoms with Crippen LogP contribution in [0.5, 0.6) is 0 Å². The quantitative estimate of drug-likeness (QED) is 0.435. The van der Waals surface area contributed by atoms with Crippen LogP contribution < -0.4 is 5.32 Å². The van der Waals surface area contributed by atoms with E-state index in [4.69, 9.17) is 9.47 Å². The van der Waals surface area contributed by atoms with E-state index in [-0.39, 0.29) is 11.9 Å². The maximum absolute atomic E-state index is 14.4. The second-order valence-corrected chi connectivity index (χ2v) is 11.6. The van der Waals surface area contributed by atoms with Crippen molar-refractivity contribution in [3.8, 4) is 0 Å². The summed E-state index contributed by atoms with van der Waals surface area (Å²) in [7, 11) is 0. The molecule has 0 saturated carbocycles. The van der Waals surface area contributed by atoms with Crippen LogP contribution in [-0.4, -0.2) is 52.6 Å². The smallest absolute Gasteiger partial charge is 0.303 e. The van der Waals surface area contributed by atoms with Gasteiger partial charge in [0.1, 0.15) is 23.2 Å².